The molecule has 5 heteroatoms. The van der Waals surface area contributed by atoms with E-state index < -0.39 is 114 Å². The van der Waals surface area contributed by atoms with Gasteiger partial charge < -0.3 is 8.98 Å². The molecule has 262 valence electrons. The van der Waals surface area contributed by atoms with Crippen LogP contribution < -0.4 is 0 Å². The first-order valence-corrected chi connectivity index (χ1v) is 17.4. The van der Waals surface area contributed by atoms with Crippen molar-refractivity contribution in [1.82, 2.24) is 19.5 Å². The number of fused-ring (bicyclic) bond motifs is 6. The SMILES string of the molecule is [2H]c1c([2H])c([2H])c(-c2nc(-c3ccccc3)nc(-c3ccc(-c4cccc5oc6ccccc6c45)cc3-n3c4c([2H])c([2H])c([2H])c([2H])c4c4c([2H])c(-c5c([2H])c([2H])c([2H])c([2H])c5[2H])c([2H])c([2H])c43)n2)c([2H])c1[2H]. The molecule has 11 rings (SSSR count). The van der Waals surface area contributed by atoms with Crippen LogP contribution >= 0.6 is 0 Å². The van der Waals surface area contributed by atoms with E-state index in [0.29, 0.717) is 33.2 Å². The lowest BCUT2D eigenvalue weighted by Gasteiger charge is -2.17. The van der Waals surface area contributed by atoms with Gasteiger partial charge in [0.05, 0.1) is 40.0 Å². The molecule has 0 aliphatic carbocycles. The fourth-order valence-corrected chi connectivity index (χ4v) is 7.03. The number of hydrogen-bond donors (Lipinski definition) is 0. The normalized spacial score (nSPS) is 15.8. The molecule has 0 spiro atoms. The highest BCUT2D eigenvalue weighted by atomic mass is 16.3. The fraction of sp³-hybridized carbons (Fsp3) is 0. The van der Waals surface area contributed by atoms with Crippen LogP contribution in [0.3, 0.4) is 0 Å². The van der Waals surface area contributed by atoms with Crippen LogP contribution in [0.2, 0.25) is 0 Å². The number of aromatic nitrogens is 4. The van der Waals surface area contributed by atoms with Gasteiger partial charge in [-0.25, -0.2) is 15.0 Å². The summed E-state index contributed by atoms with van der Waals surface area (Å²) in [6.45, 7) is 0. The Kier molecular flexibility index (Phi) is 4.45. The van der Waals surface area contributed by atoms with Crippen molar-refractivity contribution in [2.45, 2.75) is 0 Å². The predicted molar refractivity (Wildman–Crippen MR) is 229 cm³/mol. The van der Waals surface area contributed by atoms with E-state index in [4.69, 9.17) is 30.8 Å². The molecule has 0 radical (unpaired) electrons. The zero-order valence-electron chi connectivity index (χ0n) is 45.9. The Hall–Kier alpha value is -7.63. The van der Waals surface area contributed by atoms with Gasteiger partial charge in [-0.1, -0.05) is 151 Å². The first-order chi connectivity index (χ1) is 34.8. The predicted octanol–water partition coefficient (Wildman–Crippen LogP) is 13.2. The molecule has 0 saturated heterocycles. The molecule has 0 atom stereocenters. The van der Waals surface area contributed by atoms with E-state index in [1.54, 1.807) is 60.7 Å². The second kappa shape index (κ2) is 13.0. The summed E-state index contributed by atoms with van der Waals surface area (Å²) in [4.78, 5) is 14.3. The summed E-state index contributed by atoms with van der Waals surface area (Å²) in [6, 6.07) is 14.8. The Balaban J connectivity index is 1.34. The van der Waals surface area contributed by atoms with Gasteiger partial charge in [0.2, 0.25) is 0 Å². The van der Waals surface area contributed by atoms with Crippen LogP contribution in [0.15, 0.2) is 198 Å². The van der Waals surface area contributed by atoms with Crippen molar-refractivity contribution in [1.29, 1.82) is 0 Å². The molecule has 0 bridgehead atoms. The summed E-state index contributed by atoms with van der Waals surface area (Å²) in [5, 5.41) is 0.893. The van der Waals surface area contributed by atoms with Crippen LogP contribution in [0.1, 0.15) is 23.3 Å². The Bertz CT molecular complexity index is 4190. The highest BCUT2D eigenvalue weighted by molar-refractivity contribution is 6.13. The van der Waals surface area contributed by atoms with Crippen molar-refractivity contribution in [2.24, 2.45) is 0 Å². The van der Waals surface area contributed by atoms with E-state index >= 15 is 0 Å². The van der Waals surface area contributed by atoms with Gasteiger partial charge in [-0.2, -0.15) is 0 Å². The van der Waals surface area contributed by atoms with Crippen molar-refractivity contribution >= 4 is 43.7 Å². The fourth-order valence-electron chi connectivity index (χ4n) is 7.03. The zero-order valence-corrected chi connectivity index (χ0v) is 28.9. The van der Waals surface area contributed by atoms with Gasteiger partial charge in [0.15, 0.2) is 17.5 Å². The molecule has 0 saturated carbocycles. The molecule has 0 amide bonds. The molecule has 0 aliphatic heterocycles. The summed E-state index contributed by atoms with van der Waals surface area (Å²) >= 11 is 0. The standard InChI is InChI=1S/C51H32N4O/c1-4-15-33(16-5-1)36-28-30-44-42(31-36)39-21-10-12-24-43(39)55(44)45-32-37(38-23-14-26-47-48(38)41-22-11-13-25-46(41)56-47)27-29-40(45)51-53-49(34-17-6-2-7-18-34)52-50(54-51)35-19-8-3-9-20-35/h1-32H/i1D,2D,4D,5D,6D,7D,10D,12D,15D,16D,17D,18D,21D,24D,28D,30D,31D. The third-order valence-corrected chi connectivity index (χ3v) is 9.49. The van der Waals surface area contributed by atoms with Crippen molar-refractivity contribution in [3.8, 4) is 62.1 Å². The van der Waals surface area contributed by atoms with Gasteiger partial charge in [-0.05, 0) is 64.6 Å². The molecule has 3 aromatic heterocycles. The maximum atomic E-state index is 9.80. The molecule has 3 heterocycles. The van der Waals surface area contributed by atoms with Gasteiger partial charge in [0.1, 0.15) is 11.2 Å². The molecule has 0 N–H and O–H groups in total. The molecule has 8 aromatic carbocycles. The van der Waals surface area contributed by atoms with Gasteiger partial charge in [-0.3, -0.25) is 0 Å². The quantitative estimate of drug-likeness (QED) is 0.171. The summed E-state index contributed by atoms with van der Waals surface area (Å²) in [6.07, 6.45) is 0. The number of benzene rings is 8. The Morgan fingerprint density at radius 2 is 1.11 bits per heavy atom. The maximum absolute atomic E-state index is 9.80. The van der Waals surface area contributed by atoms with Gasteiger partial charge in [-0.15, -0.1) is 0 Å². The third-order valence-electron chi connectivity index (χ3n) is 9.49. The largest absolute Gasteiger partial charge is 0.456 e. The molecule has 0 fully saturated rings. The second-order valence-corrected chi connectivity index (χ2v) is 12.7. The van der Waals surface area contributed by atoms with E-state index in [1.165, 1.54) is 4.57 Å². The molecular weight excluding hydrogens is 685 g/mol. The Morgan fingerprint density at radius 1 is 0.429 bits per heavy atom. The van der Waals surface area contributed by atoms with Crippen molar-refractivity contribution in [2.75, 3.05) is 0 Å². The van der Waals surface area contributed by atoms with E-state index in [-0.39, 0.29) is 56.1 Å². The van der Waals surface area contributed by atoms with Crippen LogP contribution in [-0.4, -0.2) is 19.5 Å². The highest BCUT2D eigenvalue weighted by Crippen LogP contribution is 2.42. The molecule has 56 heavy (non-hydrogen) atoms. The lowest BCUT2D eigenvalue weighted by Crippen LogP contribution is -2.04. The van der Waals surface area contributed by atoms with Crippen molar-refractivity contribution < 1.29 is 27.7 Å². The van der Waals surface area contributed by atoms with Crippen molar-refractivity contribution in [3.63, 3.8) is 0 Å². The number of rotatable bonds is 6. The topological polar surface area (TPSA) is 56.7 Å². The van der Waals surface area contributed by atoms with Gasteiger partial charge in [0, 0.05) is 38.2 Å². The average Bonchev–Trinajstić information content (AvgIpc) is 3.97. The molecule has 11 aromatic rings. The first-order valence-electron chi connectivity index (χ1n) is 25.9. The second-order valence-electron chi connectivity index (χ2n) is 12.7. The minimum absolute atomic E-state index is 0.00698. The van der Waals surface area contributed by atoms with Crippen LogP contribution in [0, 0.1) is 0 Å². The molecule has 0 aliphatic rings. The minimum atomic E-state index is -0.761. The highest BCUT2D eigenvalue weighted by Gasteiger charge is 2.22. The van der Waals surface area contributed by atoms with Crippen LogP contribution in [0.5, 0.6) is 0 Å². The lowest BCUT2D eigenvalue weighted by atomic mass is 9.97. The van der Waals surface area contributed by atoms with Crippen molar-refractivity contribution in [3.05, 3.63) is 194 Å². The van der Waals surface area contributed by atoms with E-state index in [9.17, 15) is 6.85 Å². The average molecular weight is 734 g/mol. The lowest BCUT2D eigenvalue weighted by molar-refractivity contribution is 0.669. The van der Waals surface area contributed by atoms with Crippen LogP contribution in [-0.2, 0) is 0 Å². The number of furan rings is 1. The van der Waals surface area contributed by atoms with Crippen LogP contribution in [0.4, 0.5) is 0 Å². The maximum Gasteiger partial charge on any atom is 0.166 e. The molecule has 0 unspecified atom stereocenters. The smallest absolute Gasteiger partial charge is 0.166 e. The van der Waals surface area contributed by atoms with Crippen LogP contribution in [0.25, 0.3) is 106 Å². The monoisotopic (exact) mass is 733 g/mol. The first kappa shape index (κ1) is 19.1. The van der Waals surface area contributed by atoms with E-state index in [0.717, 1.165) is 5.39 Å². The van der Waals surface area contributed by atoms with Gasteiger partial charge in [0.25, 0.3) is 0 Å². The Labute approximate surface area is 346 Å². The molecule has 5 nitrogen and oxygen atoms in total. The summed E-state index contributed by atoms with van der Waals surface area (Å²) in [7, 11) is 0. The number of nitrogens with zero attached hydrogens (tertiary/aromatic N) is 4. The third kappa shape index (κ3) is 5.29. The summed E-state index contributed by atoms with van der Waals surface area (Å²) in [5.74, 6) is -0.479. The van der Waals surface area contributed by atoms with E-state index in [1.807, 2.05) is 30.3 Å². The minimum Gasteiger partial charge on any atom is -0.456 e. The number of para-hydroxylation sites is 2. The Morgan fingerprint density at radius 3 is 1.95 bits per heavy atom. The summed E-state index contributed by atoms with van der Waals surface area (Å²) in [5.41, 5.74) is 0.803. The molecular formula is C51H32N4O. The zero-order chi connectivity index (χ0) is 51.8. The summed E-state index contributed by atoms with van der Waals surface area (Å²) < 4.78 is 159. The number of hydrogen-bond acceptors (Lipinski definition) is 4. The van der Waals surface area contributed by atoms with E-state index in [2.05, 4.69) is 4.98 Å². The van der Waals surface area contributed by atoms with Gasteiger partial charge >= 0.3 is 0 Å².